The molecule has 1 aromatic carbocycles. The summed E-state index contributed by atoms with van der Waals surface area (Å²) in [6, 6.07) is 3.38. The molecule has 0 aliphatic heterocycles. The summed E-state index contributed by atoms with van der Waals surface area (Å²) in [4.78, 5) is 0.213. The molecule has 1 atom stereocenters. The number of hydrogen-bond acceptors (Lipinski definition) is 4. The minimum absolute atomic E-state index is 0. The number of methoxy groups -OCH3 is 1. The number of ether oxygens (including phenoxy) is 1. The summed E-state index contributed by atoms with van der Waals surface area (Å²) in [6.07, 6.45) is 2.07. The SMILES string of the molecule is COc1cc(C)cc(C)c1S(=O)(=O)NC(CN)C1CC1.Cl. The van der Waals surface area contributed by atoms with Gasteiger partial charge in [-0.05, 0) is 49.8 Å². The number of nitrogens with one attached hydrogen (secondary N) is 1. The molecule has 0 radical (unpaired) electrons. The zero-order valence-electron chi connectivity index (χ0n) is 12.5. The lowest BCUT2D eigenvalue weighted by molar-refractivity contribution is 0.400. The smallest absolute Gasteiger partial charge is 0.244 e. The van der Waals surface area contributed by atoms with E-state index in [-0.39, 0.29) is 23.3 Å². The fourth-order valence-electron chi connectivity index (χ4n) is 2.50. The van der Waals surface area contributed by atoms with E-state index in [1.165, 1.54) is 7.11 Å². The zero-order chi connectivity index (χ0) is 14.9. The van der Waals surface area contributed by atoms with Gasteiger partial charge in [0.1, 0.15) is 10.6 Å². The van der Waals surface area contributed by atoms with E-state index in [4.69, 9.17) is 10.5 Å². The van der Waals surface area contributed by atoms with Crippen molar-refractivity contribution in [2.45, 2.75) is 37.6 Å². The highest BCUT2D eigenvalue weighted by atomic mass is 35.5. The van der Waals surface area contributed by atoms with Gasteiger partial charge in [-0.1, -0.05) is 6.07 Å². The first-order valence-electron chi connectivity index (χ1n) is 6.76. The van der Waals surface area contributed by atoms with Gasteiger partial charge in [-0.15, -0.1) is 12.4 Å². The van der Waals surface area contributed by atoms with Crippen LogP contribution in [0.25, 0.3) is 0 Å². The van der Waals surface area contributed by atoms with Gasteiger partial charge >= 0.3 is 0 Å². The van der Waals surface area contributed by atoms with E-state index < -0.39 is 10.0 Å². The molecular weight excluding hydrogens is 312 g/mol. The fourth-order valence-corrected chi connectivity index (χ4v) is 4.20. The Morgan fingerprint density at radius 3 is 2.48 bits per heavy atom. The van der Waals surface area contributed by atoms with Gasteiger partial charge in [0.25, 0.3) is 0 Å². The van der Waals surface area contributed by atoms with Crippen LogP contribution >= 0.6 is 12.4 Å². The van der Waals surface area contributed by atoms with Crippen molar-refractivity contribution in [1.29, 1.82) is 0 Å². The molecule has 1 fully saturated rings. The van der Waals surface area contributed by atoms with Gasteiger partial charge in [-0.25, -0.2) is 13.1 Å². The molecule has 1 unspecified atom stereocenters. The molecule has 3 N–H and O–H groups in total. The number of halogens is 1. The second-order valence-electron chi connectivity index (χ2n) is 5.41. The molecule has 1 aromatic rings. The Labute approximate surface area is 132 Å². The molecule has 0 bridgehead atoms. The standard InChI is InChI=1S/C14H22N2O3S.ClH/c1-9-6-10(2)14(13(7-9)19-3)20(17,18)16-12(8-15)11-4-5-11;/h6-7,11-12,16H,4-5,8,15H2,1-3H3;1H. The summed E-state index contributed by atoms with van der Waals surface area (Å²) in [7, 11) is -2.14. The van der Waals surface area contributed by atoms with Crippen LogP contribution < -0.4 is 15.2 Å². The first-order chi connectivity index (χ1) is 9.39. The van der Waals surface area contributed by atoms with E-state index in [9.17, 15) is 8.42 Å². The molecular formula is C14H23ClN2O3S. The summed E-state index contributed by atoms with van der Waals surface area (Å²) in [5.74, 6) is 0.744. The van der Waals surface area contributed by atoms with Crippen LogP contribution in [0.1, 0.15) is 24.0 Å². The Hall–Kier alpha value is -0.820. The lowest BCUT2D eigenvalue weighted by Crippen LogP contribution is -2.42. The van der Waals surface area contributed by atoms with Crippen molar-refractivity contribution in [1.82, 2.24) is 4.72 Å². The monoisotopic (exact) mass is 334 g/mol. The second kappa shape index (κ2) is 6.96. The maximum Gasteiger partial charge on any atom is 0.244 e. The highest BCUT2D eigenvalue weighted by molar-refractivity contribution is 7.89. The van der Waals surface area contributed by atoms with Crippen molar-refractivity contribution in [3.63, 3.8) is 0 Å². The van der Waals surface area contributed by atoms with Crippen molar-refractivity contribution < 1.29 is 13.2 Å². The van der Waals surface area contributed by atoms with Gasteiger partial charge < -0.3 is 10.5 Å². The highest BCUT2D eigenvalue weighted by Gasteiger charge is 2.34. The number of sulfonamides is 1. The van der Waals surface area contributed by atoms with Crippen molar-refractivity contribution in [2.75, 3.05) is 13.7 Å². The molecule has 1 aliphatic carbocycles. The van der Waals surface area contributed by atoms with E-state index >= 15 is 0 Å². The van der Waals surface area contributed by atoms with Crippen molar-refractivity contribution in [3.8, 4) is 5.75 Å². The zero-order valence-corrected chi connectivity index (χ0v) is 14.2. The van der Waals surface area contributed by atoms with Gasteiger partial charge in [0.2, 0.25) is 10.0 Å². The largest absolute Gasteiger partial charge is 0.495 e. The first-order valence-corrected chi connectivity index (χ1v) is 8.25. The predicted octanol–water partition coefficient (Wildman–Crippen LogP) is 1.75. The Balaban J connectivity index is 0.00000220. The number of benzene rings is 1. The lowest BCUT2D eigenvalue weighted by atomic mass is 10.1. The Kier molecular flexibility index (Phi) is 6.04. The quantitative estimate of drug-likeness (QED) is 0.830. The topological polar surface area (TPSA) is 81.4 Å². The Morgan fingerprint density at radius 2 is 2.00 bits per heavy atom. The van der Waals surface area contributed by atoms with Crippen LogP contribution in [0.4, 0.5) is 0 Å². The number of rotatable bonds is 6. The van der Waals surface area contributed by atoms with Crippen LogP contribution in [-0.2, 0) is 10.0 Å². The van der Waals surface area contributed by atoms with E-state index in [2.05, 4.69) is 4.72 Å². The van der Waals surface area contributed by atoms with Gasteiger partial charge in [0, 0.05) is 12.6 Å². The van der Waals surface area contributed by atoms with E-state index in [0.29, 0.717) is 23.8 Å². The Bertz CT molecular complexity index is 600. The van der Waals surface area contributed by atoms with Crippen molar-refractivity contribution in [3.05, 3.63) is 23.3 Å². The van der Waals surface area contributed by atoms with E-state index in [0.717, 1.165) is 18.4 Å². The minimum Gasteiger partial charge on any atom is -0.495 e. The van der Waals surface area contributed by atoms with Gasteiger partial charge in [0.15, 0.2) is 0 Å². The summed E-state index contributed by atoms with van der Waals surface area (Å²) < 4.78 is 33.2. The third kappa shape index (κ3) is 4.10. The molecule has 0 aromatic heterocycles. The van der Waals surface area contributed by atoms with Crippen LogP contribution in [-0.4, -0.2) is 28.1 Å². The molecule has 2 rings (SSSR count). The highest BCUT2D eigenvalue weighted by Crippen LogP contribution is 2.34. The van der Waals surface area contributed by atoms with Crippen LogP contribution in [0, 0.1) is 19.8 Å². The van der Waals surface area contributed by atoms with Crippen LogP contribution in [0.2, 0.25) is 0 Å². The maximum absolute atomic E-state index is 12.6. The number of hydrogen-bond donors (Lipinski definition) is 2. The summed E-state index contributed by atoms with van der Waals surface area (Å²) in [5.41, 5.74) is 7.32. The van der Waals surface area contributed by atoms with Gasteiger partial charge in [-0.3, -0.25) is 0 Å². The average Bonchev–Trinajstić information content (AvgIpc) is 3.18. The molecule has 21 heavy (non-hydrogen) atoms. The van der Waals surface area contributed by atoms with Gasteiger partial charge in [-0.2, -0.15) is 0 Å². The third-order valence-electron chi connectivity index (χ3n) is 3.63. The molecule has 7 heteroatoms. The molecule has 0 heterocycles. The fraction of sp³-hybridized carbons (Fsp3) is 0.571. The minimum atomic E-state index is -3.62. The molecule has 120 valence electrons. The maximum atomic E-state index is 12.6. The lowest BCUT2D eigenvalue weighted by Gasteiger charge is -2.19. The number of aryl methyl sites for hydroxylation is 2. The predicted molar refractivity (Wildman–Crippen MR) is 85.6 cm³/mol. The summed E-state index contributed by atoms with van der Waals surface area (Å²) in [6.45, 7) is 4.00. The van der Waals surface area contributed by atoms with Crippen LogP contribution in [0.3, 0.4) is 0 Å². The first kappa shape index (κ1) is 18.2. The van der Waals surface area contributed by atoms with Gasteiger partial charge in [0.05, 0.1) is 7.11 Å². The average molecular weight is 335 g/mol. The van der Waals surface area contributed by atoms with Crippen molar-refractivity contribution >= 4 is 22.4 Å². The molecule has 0 spiro atoms. The molecule has 0 saturated heterocycles. The Morgan fingerprint density at radius 1 is 1.38 bits per heavy atom. The summed E-state index contributed by atoms with van der Waals surface area (Å²) in [5, 5.41) is 0. The van der Waals surface area contributed by atoms with Crippen LogP contribution in [0.15, 0.2) is 17.0 Å². The van der Waals surface area contributed by atoms with E-state index in [1.54, 1.807) is 13.0 Å². The molecule has 1 aliphatic rings. The normalized spacial score (nSPS) is 16.2. The molecule has 5 nitrogen and oxygen atoms in total. The third-order valence-corrected chi connectivity index (χ3v) is 5.30. The summed E-state index contributed by atoms with van der Waals surface area (Å²) >= 11 is 0. The molecule has 0 amide bonds. The van der Waals surface area contributed by atoms with Crippen LogP contribution in [0.5, 0.6) is 5.75 Å². The molecule has 1 saturated carbocycles. The second-order valence-corrected chi connectivity index (χ2v) is 7.06. The van der Waals surface area contributed by atoms with Crippen molar-refractivity contribution in [2.24, 2.45) is 11.7 Å². The van der Waals surface area contributed by atoms with E-state index in [1.807, 2.05) is 13.0 Å². The number of nitrogens with two attached hydrogens (primary N) is 1.